The molecule has 1 saturated heterocycles. The molecule has 2 atom stereocenters. The maximum absolute atomic E-state index is 5.94. The Balaban J connectivity index is 1.90. The predicted molar refractivity (Wildman–Crippen MR) is 63.8 cm³/mol. The zero-order valence-electron chi connectivity index (χ0n) is 10.2. The van der Waals surface area contributed by atoms with Gasteiger partial charge in [-0.1, -0.05) is 6.42 Å². The molecule has 88 valence electrons. The van der Waals surface area contributed by atoms with Gasteiger partial charge in [-0.15, -0.1) is 0 Å². The van der Waals surface area contributed by atoms with E-state index in [-0.39, 0.29) is 0 Å². The first-order chi connectivity index (χ1) is 7.22. The molecule has 0 aromatic rings. The van der Waals surface area contributed by atoms with Gasteiger partial charge in [0.1, 0.15) is 0 Å². The second kappa shape index (κ2) is 4.81. The molecule has 3 nitrogen and oxygen atoms in total. The zero-order valence-corrected chi connectivity index (χ0v) is 10.2. The van der Waals surface area contributed by atoms with E-state index in [2.05, 4.69) is 23.8 Å². The van der Waals surface area contributed by atoms with Crippen LogP contribution in [0.5, 0.6) is 0 Å². The minimum atomic E-state index is 0.662. The van der Waals surface area contributed by atoms with E-state index in [1.54, 1.807) is 0 Å². The molecule has 1 aliphatic carbocycles. The van der Waals surface area contributed by atoms with Crippen LogP contribution in [0.3, 0.4) is 0 Å². The topological polar surface area (TPSA) is 32.5 Å². The Hall–Kier alpha value is -0.120. The Bertz CT molecular complexity index is 203. The van der Waals surface area contributed by atoms with E-state index in [0.29, 0.717) is 12.1 Å². The van der Waals surface area contributed by atoms with Crippen molar-refractivity contribution in [3.8, 4) is 0 Å². The molecule has 2 rings (SSSR count). The third-order valence-electron chi connectivity index (χ3n) is 4.40. The van der Waals surface area contributed by atoms with Gasteiger partial charge in [0.05, 0.1) is 0 Å². The summed E-state index contributed by atoms with van der Waals surface area (Å²) < 4.78 is 0. The minimum absolute atomic E-state index is 0.662. The summed E-state index contributed by atoms with van der Waals surface area (Å²) in [6.07, 6.45) is 4.23. The van der Waals surface area contributed by atoms with Crippen molar-refractivity contribution < 1.29 is 0 Å². The van der Waals surface area contributed by atoms with Gasteiger partial charge in [-0.05, 0) is 32.7 Å². The third-order valence-corrected chi connectivity index (χ3v) is 4.40. The summed E-state index contributed by atoms with van der Waals surface area (Å²) in [6.45, 7) is 6.78. The van der Waals surface area contributed by atoms with Gasteiger partial charge >= 0.3 is 0 Å². The highest BCUT2D eigenvalue weighted by molar-refractivity contribution is 4.89. The first-order valence-corrected chi connectivity index (χ1v) is 6.36. The highest BCUT2D eigenvalue weighted by Gasteiger charge is 2.33. The van der Waals surface area contributed by atoms with Crippen LogP contribution in [0, 0.1) is 5.92 Å². The van der Waals surface area contributed by atoms with Gasteiger partial charge in [-0.25, -0.2) is 0 Å². The smallest absolute Gasteiger partial charge is 0.0247 e. The number of rotatable bonds is 3. The van der Waals surface area contributed by atoms with Crippen molar-refractivity contribution in [1.82, 2.24) is 9.80 Å². The Labute approximate surface area is 93.6 Å². The Morgan fingerprint density at radius 2 is 2.07 bits per heavy atom. The fourth-order valence-electron chi connectivity index (χ4n) is 2.84. The molecule has 3 heteroatoms. The van der Waals surface area contributed by atoms with Gasteiger partial charge in [0.2, 0.25) is 0 Å². The van der Waals surface area contributed by atoms with Crippen LogP contribution in [0.25, 0.3) is 0 Å². The van der Waals surface area contributed by atoms with Gasteiger partial charge in [0, 0.05) is 38.3 Å². The second-order valence-electron chi connectivity index (χ2n) is 5.32. The molecule has 2 unspecified atom stereocenters. The van der Waals surface area contributed by atoms with Crippen molar-refractivity contribution in [1.29, 1.82) is 0 Å². The van der Waals surface area contributed by atoms with Crippen LogP contribution in [-0.4, -0.2) is 55.1 Å². The summed E-state index contributed by atoms with van der Waals surface area (Å²) >= 11 is 0. The van der Waals surface area contributed by atoms with Crippen molar-refractivity contribution in [2.45, 2.75) is 38.3 Å². The normalized spacial score (nSPS) is 32.6. The number of nitrogens with zero attached hydrogens (tertiary/aromatic N) is 2. The lowest BCUT2D eigenvalue weighted by Gasteiger charge is -2.46. The highest BCUT2D eigenvalue weighted by Crippen LogP contribution is 2.32. The zero-order chi connectivity index (χ0) is 10.8. The van der Waals surface area contributed by atoms with Crippen molar-refractivity contribution in [2.75, 3.05) is 33.2 Å². The largest absolute Gasteiger partial charge is 0.329 e. The van der Waals surface area contributed by atoms with E-state index < -0.39 is 0 Å². The Morgan fingerprint density at radius 1 is 1.33 bits per heavy atom. The molecule has 1 heterocycles. The van der Waals surface area contributed by atoms with Crippen LogP contribution in [0.2, 0.25) is 0 Å². The average Bonchev–Trinajstić information content (AvgIpc) is 2.16. The Morgan fingerprint density at radius 3 is 2.53 bits per heavy atom. The standard InChI is InChI=1S/C12H25N3/c1-10-9-15(7-6-14(10)2)12(8-13)11-4-3-5-11/h10-12H,3-9,13H2,1-2H3. The van der Waals surface area contributed by atoms with Crippen LogP contribution in [0.4, 0.5) is 0 Å². The van der Waals surface area contributed by atoms with E-state index in [1.165, 1.54) is 38.9 Å². The first kappa shape index (κ1) is 11.4. The maximum Gasteiger partial charge on any atom is 0.0247 e. The molecule has 1 aliphatic heterocycles. The molecule has 1 saturated carbocycles. The van der Waals surface area contributed by atoms with Crippen LogP contribution < -0.4 is 5.73 Å². The SMILES string of the molecule is CC1CN(C(CN)C2CCC2)CCN1C. The number of nitrogens with two attached hydrogens (primary N) is 1. The number of hydrogen-bond donors (Lipinski definition) is 1. The molecule has 0 aromatic carbocycles. The minimum Gasteiger partial charge on any atom is -0.329 e. The lowest BCUT2D eigenvalue weighted by molar-refractivity contribution is 0.0332. The number of piperazine rings is 1. The highest BCUT2D eigenvalue weighted by atomic mass is 15.3. The van der Waals surface area contributed by atoms with E-state index in [1.807, 2.05) is 0 Å². The second-order valence-corrected chi connectivity index (χ2v) is 5.32. The van der Waals surface area contributed by atoms with E-state index in [4.69, 9.17) is 5.73 Å². The molecule has 2 N–H and O–H groups in total. The van der Waals surface area contributed by atoms with Gasteiger partial charge in [0.15, 0.2) is 0 Å². The van der Waals surface area contributed by atoms with Gasteiger partial charge in [-0.2, -0.15) is 0 Å². The lowest BCUT2D eigenvalue weighted by Crippen LogP contribution is -2.57. The summed E-state index contributed by atoms with van der Waals surface area (Å²) in [5, 5.41) is 0. The van der Waals surface area contributed by atoms with Crippen LogP contribution in [0.15, 0.2) is 0 Å². The summed E-state index contributed by atoms with van der Waals surface area (Å²) in [5.41, 5.74) is 5.94. The fraction of sp³-hybridized carbons (Fsp3) is 1.00. The van der Waals surface area contributed by atoms with E-state index in [0.717, 1.165) is 12.5 Å². The quantitative estimate of drug-likeness (QED) is 0.748. The van der Waals surface area contributed by atoms with Crippen molar-refractivity contribution in [3.05, 3.63) is 0 Å². The molecule has 0 aromatic heterocycles. The molecule has 15 heavy (non-hydrogen) atoms. The number of likely N-dealkylation sites (N-methyl/N-ethyl adjacent to an activating group) is 1. The third kappa shape index (κ3) is 2.35. The monoisotopic (exact) mass is 211 g/mol. The van der Waals surface area contributed by atoms with Crippen LogP contribution >= 0.6 is 0 Å². The molecule has 0 bridgehead atoms. The van der Waals surface area contributed by atoms with Crippen LogP contribution in [0.1, 0.15) is 26.2 Å². The molecular weight excluding hydrogens is 186 g/mol. The van der Waals surface area contributed by atoms with Crippen molar-refractivity contribution >= 4 is 0 Å². The summed E-state index contributed by atoms with van der Waals surface area (Å²) in [4.78, 5) is 5.08. The molecule has 0 spiro atoms. The van der Waals surface area contributed by atoms with Crippen molar-refractivity contribution in [3.63, 3.8) is 0 Å². The molecule has 2 aliphatic rings. The molecular formula is C12H25N3. The first-order valence-electron chi connectivity index (χ1n) is 6.36. The summed E-state index contributed by atoms with van der Waals surface area (Å²) in [5.74, 6) is 0.894. The maximum atomic E-state index is 5.94. The average molecular weight is 211 g/mol. The van der Waals surface area contributed by atoms with E-state index >= 15 is 0 Å². The number of hydrogen-bond acceptors (Lipinski definition) is 3. The summed E-state index contributed by atoms with van der Waals surface area (Å²) in [7, 11) is 2.23. The molecule has 0 radical (unpaired) electrons. The van der Waals surface area contributed by atoms with Gasteiger partial charge < -0.3 is 10.6 Å². The fourth-order valence-corrected chi connectivity index (χ4v) is 2.84. The van der Waals surface area contributed by atoms with Gasteiger partial charge in [-0.3, -0.25) is 4.90 Å². The Kier molecular flexibility index (Phi) is 3.65. The van der Waals surface area contributed by atoms with E-state index in [9.17, 15) is 0 Å². The predicted octanol–water partition coefficient (Wildman–Crippen LogP) is 0.750. The summed E-state index contributed by atoms with van der Waals surface area (Å²) in [6, 6.07) is 1.35. The molecule has 2 fully saturated rings. The molecule has 0 amide bonds. The van der Waals surface area contributed by atoms with Crippen LogP contribution in [-0.2, 0) is 0 Å². The van der Waals surface area contributed by atoms with Crippen molar-refractivity contribution in [2.24, 2.45) is 11.7 Å². The lowest BCUT2D eigenvalue weighted by atomic mass is 9.78. The van der Waals surface area contributed by atoms with Gasteiger partial charge in [0.25, 0.3) is 0 Å².